The first kappa shape index (κ1) is 15.1. The van der Waals surface area contributed by atoms with Crippen molar-refractivity contribution >= 4 is 27.3 Å². The number of hydrogen-bond acceptors (Lipinski definition) is 3. The number of anilines is 2. The third kappa shape index (κ3) is 3.02. The second-order valence-electron chi connectivity index (χ2n) is 5.91. The average Bonchev–Trinajstić information content (AvgIpc) is 3.06. The maximum atomic E-state index is 12.2. The quantitative estimate of drug-likeness (QED) is 0.866. The molecular formula is C16H20N2O3S. The fraction of sp³-hybridized carbons (Fsp3) is 0.438. The zero-order valence-electron chi connectivity index (χ0n) is 12.6. The zero-order chi connectivity index (χ0) is 15.7. The van der Waals surface area contributed by atoms with Crippen LogP contribution in [-0.2, 0) is 21.2 Å². The van der Waals surface area contributed by atoms with E-state index in [4.69, 9.17) is 0 Å². The maximum absolute atomic E-state index is 12.2. The first-order chi connectivity index (χ1) is 10.4. The van der Waals surface area contributed by atoms with Gasteiger partial charge >= 0.3 is 0 Å². The van der Waals surface area contributed by atoms with Gasteiger partial charge in [0.15, 0.2) is 0 Å². The largest absolute Gasteiger partial charge is 0.326 e. The minimum absolute atomic E-state index is 0.0113. The van der Waals surface area contributed by atoms with Crippen molar-refractivity contribution in [3.63, 3.8) is 0 Å². The molecule has 1 N–H and O–H groups in total. The number of amides is 1. The van der Waals surface area contributed by atoms with E-state index in [9.17, 15) is 13.2 Å². The molecule has 2 aliphatic rings. The van der Waals surface area contributed by atoms with Crippen molar-refractivity contribution < 1.29 is 13.2 Å². The van der Waals surface area contributed by atoms with Crippen molar-refractivity contribution in [2.75, 3.05) is 22.4 Å². The van der Waals surface area contributed by atoms with Crippen LogP contribution in [0.5, 0.6) is 0 Å². The minimum atomic E-state index is -3.27. The molecule has 22 heavy (non-hydrogen) atoms. The highest BCUT2D eigenvalue weighted by Gasteiger charge is 2.28. The fourth-order valence-corrected chi connectivity index (χ4v) is 4.12. The highest BCUT2D eigenvalue weighted by atomic mass is 32.2. The Morgan fingerprint density at radius 1 is 1.41 bits per heavy atom. The van der Waals surface area contributed by atoms with E-state index in [1.807, 2.05) is 6.07 Å². The Morgan fingerprint density at radius 3 is 2.91 bits per heavy atom. The molecule has 5 nitrogen and oxygen atoms in total. The van der Waals surface area contributed by atoms with Gasteiger partial charge in [0.25, 0.3) is 0 Å². The summed E-state index contributed by atoms with van der Waals surface area (Å²) < 4.78 is 25.0. The Hall–Kier alpha value is -1.82. The Kier molecular flexibility index (Phi) is 3.95. The third-order valence-corrected chi connectivity index (χ3v) is 5.40. The number of rotatable bonds is 4. The van der Waals surface area contributed by atoms with Crippen LogP contribution in [0, 0.1) is 5.92 Å². The number of carbonyl (C=O) groups is 1. The van der Waals surface area contributed by atoms with E-state index in [0.717, 1.165) is 24.1 Å². The van der Waals surface area contributed by atoms with Crippen molar-refractivity contribution in [1.82, 2.24) is 0 Å². The molecule has 1 heterocycles. The summed E-state index contributed by atoms with van der Waals surface area (Å²) in [4.78, 5) is 12.2. The van der Waals surface area contributed by atoms with E-state index in [0.29, 0.717) is 31.0 Å². The molecule has 1 amide bonds. The summed E-state index contributed by atoms with van der Waals surface area (Å²) in [6.45, 7) is 0.437. The van der Waals surface area contributed by atoms with Gasteiger partial charge in [0, 0.05) is 24.2 Å². The predicted molar refractivity (Wildman–Crippen MR) is 87.4 cm³/mol. The van der Waals surface area contributed by atoms with E-state index in [1.165, 1.54) is 10.6 Å². The molecule has 1 aromatic rings. The molecule has 118 valence electrons. The van der Waals surface area contributed by atoms with Crippen LogP contribution in [0.3, 0.4) is 0 Å². The van der Waals surface area contributed by atoms with Gasteiger partial charge in [-0.15, -0.1) is 0 Å². The molecule has 0 aromatic heterocycles. The third-order valence-electron chi connectivity index (χ3n) is 4.22. The molecule has 0 bridgehead atoms. The Labute approximate surface area is 131 Å². The SMILES string of the molecule is CS(=O)(=O)N1CCc2c(NC(=O)C[C@@H]3C=CCC3)cccc21. The Morgan fingerprint density at radius 2 is 2.23 bits per heavy atom. The van der Waals surface area contributed by atoms with Crippen LogP contribution in [0.1, 0.15) is 24.8 Å². The topological polar surface area (TPSA) is 66.5 Å². The van der Waals surface area contributed by atoms with Crippen LogP contribution >= 0.6 is 0 Å². The summed E-state index contributed by atoms with van der Waals surface area (Å²) >= 11 is 0. The van der Waals surface area contributed by atoms with E-state index >= 15 is 0 Å². The van der Waals surface area contributed by atoms with Crippen molar-refractivity contribution in [2.24, 2.45) is 5.92 Å². The van der Waals surface area contributed by atoms with Crippen molar-refractivity contribution in [2.45, 2.75) is 25.7 Å². The summed E-state index contributed by atoms with van der Waals surface area (Å²) in [6, 6.07) is 5.42. The molecule has 6 heteroatoms. The van der Waals surface area contributed by atoms with Gasteiger partial charge in [-0.1, -0.05) is 18.2 Å². The molecule has 1 atom stereocenters. The highest BCUT2D eigenvalue weighted by molar-refractivity contribution is 7.92. The standard InChI is InChI=1S/C16H20N2O3S/c1-22(20,21)18-10-9-13-14(7-4-8-15(13)18)17-16(19)11-12-5-2-3-6-12/h2,4-5,7-8,12H,3,6,9-11H2,1H3,(H,17,19)/t12-/m1/s1. The van der Waals surface area contributed by atoms with Crippen LogP contribution in [0.4, 0.5) is 11.4 Å². The van der Waals surface area contributed by atoms with Gasteiger partial charge < -0.3 is 5.32 Å². The summed E-state index contributed by atoms with van der Waals surface area (Å²) in [5.41, 5.74) is 2.32. The van der Waals surface area contributed by atoms with E-state index < -0.39 is 10.0 Å². The molecule has 1 aromatic carbocycles. The van der Waals surface area contributed by atoms with Crippen molar-refractivity contribution in [3.8, 4) is 0 Å². The zero-order valence-corrected chi connectivity index (χ0v) is 13.4. The van der Waals surface area contributed by atoms with Crippen molar-refractivity contribution in [3.05, 3.63) is 35.9 Å². The molecule has 1 aliphatic carbocycles. The molecule has 0 saturated heterocycles. The normalized spacial score (nSPS) is 20.2. The number of hydrogen-bond donors (Lipinski definition) is 1. The summed E-state index contributed by atoms with van der Waals surface area (Å²) in [7, 11) is -3.27. The summed E-state index contributed by atoms with van der Waals surface area (Å²) in [5, 5.41) is 2.95. The number of allylic oxidation sites excluding steroid dienone is 2. The molecular weight excluding hydrogens is 300 g/mol. The lowest BCUT2D eigenvalue weighted by Crippen LogP contribution is -2.27. The van der Waals surface area contributed by atoms with Gasteiger partial charge in [0.05, 0.1) is 11.9 Å². The second kappa shape index (κ2) is 5.76. The summed E-state index contributed by atoms with van der Waals surface area (Å²) in [6.07, 6.45) is 8.60. The van der Waals surface area contributed by atoms with Gasteiger partial charge in [0.1, 0.15) is 0 Å². The first-order valence-electron chi connectivity index (χ1n) is 7.51. The predicted octanol–water partition coefficient (Wildman–Crippen LogP) is 2.30. The molecule has 0 radical (unpaired) electrons. The number of sulfonamides is 1. The Balaban J connectivity index is 1.77. The van der Waals surface area contributed by atoms with Gasteiger partial charge in [-0.2, -0.15) is 0 Å². The van der Waals surface area contributed by atoms with Gasteiger partial charge in [-0.3, -0.25) is 9.10 Å². The average molecular weight is 320 g/mol. The van der Waals surface area contributed by atoms with Crippen LogP contribution in [0.25, 0.3) is 0 Å². The van der Waals surface area contributed by atoms with Gasteiger partial charge in [-0.05, 0) is 37.3 Å². The van der Waals surface area contributed by atoms with Gasteiger partial charge in [0.2, 0.25) is 15.9 Å². The van der Waals surface area contributed by atoms with Crippen LogP contribution in [-0.4, -0.2) is 27.1 Å². The van der Waals surface area contributed by atoms with Crippen molar-refractivity contribution in [1.29, 1.82) is 0 Å². The minimum Gasteiger partial charge on any atom is -0.326 e. The van der Waals surface area contributed by atoms with E-state index in [-0.39, 0.29) is 5.91 Å². The van der Waals surface area contributed by atoms with E-state index in [1.54, 1.807) is 12.1 Å². The van der Waals surface area contributed by atoms with Crippen LogP contribution in [0.2, 0.25) is 0 Å². The molecule has 0 spiro atoms. The Bertz CT molecular complexity index is 725. The molecule has 1 aliphatic heterocycles. The lowest BCUT2D eigenvalue weighted by molar-refractivity contribution is -0.116. The lowest BCUT2D eigenvalue weighted by Gasteiger charge is -2.17. The van der Waals surface area contributed by atoms with Crippen LogP contribution < -0.4 is 9.62 Å². The smallest absolute Gasteiger partial charge is 0.232 e. The first-order valence-corrected chi connectivity index (χ1v) is 9.36. The monoisotopic (exact) mass is 320 g/mol. The van der Waals surface area contributed by atoms with Crippen LogP contribution in [0.15, 0.2) is 30.4 Å². The number of nitrogens with zero attached hydrogens (tertiary/aromatic N) is 1. The molecule has 0 saturated carbocycles. The molecule has 3 rings (SSSR count). The highest BCUT2D eigenvalue weighted by Crippen LogP contribution is 2.35. The number of nitrogens with one attached hydrogen (secondary N) is 1. The molecule has 0 fully saturated rings. The van der Waals surface area contributed by atoms with E-state index in [2.05, 4.69) is 17.5 Å². The lowest BCUT2D eigenvalue weighted by atomic mass is 10.0. The second-order valence-corrected chi connectivity index (χ2v) is 7.81. The summed E-state index contributed by atoms with van der Waals surface area (Å²) in [5.74, 6) is 0.312. The number of benzene rings is 1. The fourth-order valence-electron chi connectivity index (χ4n) is 3.17. The number of carbonyl (C=O) groups excluding carboxylic acids is 1. The molecule has 0 unspecified atom stereocenters. The van der Waals surface area contributed by atoms with Gasteiger partial charge in [-0.25, -0.2) is 8.42 Å². The number of fused-ring (bicyclic) bond motifs is 1. The maximum Gasteiger partial charge on any atom is 0.232 e.